The maximum atomic E-state index is 11.9. The third-order valence-corrected chi connectivity index (χ3v) is 4.18. The molecule has 1 aromatic heterocycles. The van der Waals surface area contributed by atoms with Crippen LogP contribution in [0.4, 0.5) is 0 Å². The van der Waals surface area contributed by atoms with Gasteiger partial charge in [0.15, 0.2) is 0 Å². The van der Waals surface area contributed by atoms with Crippen molar-refractivity contribution in [1.29, 1.82) is 0 Å². The van der Waals surface area contributed by atoms with Crippen LogP contribution in [0.3, 0.4) is 0 Å². The molecule has 0 atom stereocenters. The predicted octanol–water partition coefficient (Wildman–Crippen LogP) is 0.132. The molecule has 9 heteroatoms. The van der Waals surface area contributed by atoms with Crippen LogP contribution in [0.25, 0.3) is 0 Å². The fraction of sp³-hybridized carbons (Fsp3) is 0.636. The predicted molar refractivity (Wildman–Crippen MR) is 75.9 cm³/mol. The van der Waals surface area contributed by atoms with E-state index in [1.807, 2.05) is 0 Å². The SMILES string of the molecule is CNC(=O)CN1CCC(NC(=O)c2nnc(Cl)s2)CC1. The van der Waals surface area contributed by atoms with Gasteiger partial charge in [-0.2, -0.15) is 0 Å². The van der Waals surface area contributed by atoms with Gasteiger partial charge in [0.05, 0.1) is 6.54 Å². The number of aromatic nitrogens is 2. The zero-order valence-electron chi connectivity index (χ0n) is 11.1. The average molecular weight is 318 g/mol. The Morgan fingerprint density at radius 2 is 2.10 bits per heavy atom. The lowest BCUT2D eigenvalue weighted by atomic mass is 10.1. The van der Waals surface area contributed by atoms with Gasteiger partial charge in [-0.3, -0.25) is 14.5 Å². The van der Waals surface area contributed by atoms with E-state index in [2.05, 4.69) is 25.7 Å². The summed E-state index contributed by atoms with van der Waals surface area (Å²) in [5.74, 6) is -0.227. The Morgan fingerprint density at radius 1 is 1.40 bits per heavy atom. The van der Waals surface area contributed by atoms with Gasteiger partial charge in [-0.15, -0.1) is 10.2 Å². The Hall–Kier alpha value is -1.25. The minimum atomic E-state index is -0.237. The summed E-state index contributed by atoms with van der Waals surface area (Å²) in [5, 5.41) is 13.1. The van der Waals surface area contributed by atoms with Gasteiger partial charge in [-0.05, 0) is 24.4 Å². The van der Waals surface area contributed by atoms with E-state index < -0.39 is 0 Å². The first-order chi connectivity index (χ1) is 9.58. The molecule has 1 aliphatic heterocycles. The maximum absolute atomic E-state index is 11.9. The fourth-order valence-electron chi connectivity index (χ4n) is 2.06. The van der Waals surface area contributed by atoms with Crippen molar-refractivity contribution < 1.29 is 9.59 Å². The van der Waals surface area contributed by atoms with E-state index in [1.54, 1.807) is 7.05 Å². The topological polar surface area (TPSA) is 87.2 Å². The van der Waals surface area contributed by atoms with Crippen LogP contribution in [0, 0.1) is 0 Å². The molecule has 2 N–H and O–H groups in total. The summed E-state index contributed by atoms with van der Waals surface area (Å²) in [4.78, 5) is 25.2. The number of halogens is 1. The summed E-state index contributed by atoms with van der Waals surface area (Å²) < 4.78 is 0.260. The number of nitrogens with zero attached hydrogens (tertiary/aromatic N) is 3. The molecule has 110 valence electrons. The van der Waals surface area contributed by atoms with E-state index in [4.69, 9.17) is 11.6 Å². The Morgan fingerprint density at radius 3 is 2.65 bits per heavy atom. The van der Waals surface area contributed by atoms with Crippen molar-refractivity contribution in [3.8, 4) is 0 Å². The molecule has 0 spiro atoms. The number of hydrogen-bond donors (Lipinski definition) is 2. The second-order valence-electron chi connectivity index (χ2n) is 4.56. The first-order valence-corrected chi connectivity index (χ1v) is 7.50. The van der Waals surface area contributed by atoms with Gasteiger partial charge in [0.1, 0.15) is 0 Å². The summed E-state index contributed by atoms with van der Waals surface area (Å²) in [6.07, 6.45) is 1.63. The standard InChI is InChI=1S/C11H16ClN5O2S/c1-13-8(18)6-17-4-2-7(3-5-17)14-9(19)10-15-16-11(12)20-10/h7H,2-6H2,1H3,(H,13,18)(H,14,19). The smallest absolute Gasteiger partial charge is 0.282 e. The van der Waals surface area contributed by atoms with Crippen molar-refractivity contribution in [2.45, 2.75) is 18.9 Å². The second-order valence-corrected chi connectivity index (χ2v) is 6.12. The van der Waals surface area contributed by atoms with Gasteiger partial charge < -0.3 is 10.6 Å². The number of likely N-dealkylation sites (N-methyl/N-ethyl adjacent to an activating group) is 1. The number of amides is 2. The monoisotopic (exact) mass is 317 g/mol. The quantitative estimate of drug-likeness (QED) is 0.824. The second kappa shape index (κ2) is 6.96. The molecule has 7 nitrogen and oxygen atoms in total. The first kappa shape index (κ1) is 15.1. The third kappa shape index (κ3) is 4.12. The van der Waals surface area contributed by atoms with E-state index in [1.165, 1.54) is 0 Å². The Labute approximate surface area is 125 Å². The largest absolute Gasteiger partial charge is 0.358 e. The van der Waals surface area contributed by atoms with Crippen molar-refractivity contribution in [1.82, 2.24) is 25.7 Å². The number of carbonyl (C=O) groups is 2. The third-order valence-electron chi connectivity index (χ3n) is 3.16. The highest BCUT2D eigenvalue weighted by atomic mass is 35.5. The summed E-state index contributed by atoms with van der Waals surface area (Å²) >= 11 is 6.71. The van der Waals surface area contributed by atoms with Crippen LogP contribution in [-0.4, -0.2) is 59.6 Å². The minimum absolute atomic E-state index is 0.0102. The van der Waals surface area contributed by atoms with Gasteiger partial charge in [0, 0.05) is 26.2 Å². The van der Waals surface area contributed by atoms with Crippen LogP contribution in [0.2, 0.25) is 4.47 Å². The van der Waals surface area contributed by atoms with Gasteiger partial charge >= 0.3 is 0 Å². The van der Waals surface area contributed by atoms with Gasteiger partial charge in [0.2, 0.25) is 15.4 Å². The molecule has 0 radical (unpaired) electrons. The number of hydrogen-bond acceptors (Lipinski definition) is 6. The molecule has 20 heavy (non-hydrogen) atoms. The average Bonchev–Trinajstić information content (AvgIpc) is 2.87. The van der Waals surface area contributed by atoms with Gasteiger partial charge in [-0.25, -0.2) is 0 Å². The number of piperidine rings is 1. The molecule has 1 aliphatic rings. The van der Waals surface area contributed by atoms with Crippen molar-refractivity contribution in [3.63, 3.8) is 0 Å². The molecule has 2 amide bonds. The molecule has 0 aromatic carbocycles. The van der Waals surface area contributed by atoms with Gasteiger partial charge in [-0.1, -0.05) is 11.3 Å². The highest BCUT2D eigenvalue weighted by Gasteiger charge is 2.23. The van der Waals surface area contributed by atoms with E-state index in [0.29, 0.717) is 6.54 Å². The Kier molecular flexibility index (Phi) is 5.27. The van der Waals surface area contributed by atoms with Crippen LogP contribution >= 0.6 is 22.9 Å². The minimum Gasteiger partial charge on any atom is -0.358 e. The lowest BCUT2D eigenvalue weighted by Crippen LogP contribution is -2.47. The van der Waals surface area contributed by atoms with Gasteiger partial charge in [0.25, 0.3) is 5.91 Å². The molecule has 1 fully saturated rings. The highest BCUT2D eigenvalue weighted by molar-refractivity contribution is 7.17. The number of rotatable bonds is 4. The van der Waals surface area contributed by atoms with Crippen molar-refractivity contribution >= 4 is 34.8 Å². The van der Waals surface area contributed by atoms with E-state index >= 15 is 0 Å². The van der Waals surface area contributed by atoms with Crippen LogP contribution < -0.4 is 10.6 Å². The zero-order valence-corrected chi connectivity index (χ0v) is 12.6. The van der Waals surface area contributed by atoms with Crippen molar-refractivity contribution in [2.24, 2.45) is 0 Å². The summed E-state index contributed by atoms with van der Waals surface area (Å²) in [5.41, 5.74) is 0. The lowest BCUT2D eigenvalue weighted by Gasteiger charge is -2.31. The molecule has 0 unspecified atom stereocenters. The lowest BCUT2D eigenvalue weighted by molar-refractivity contribution is -0.122. The van der Waals surface area contributed by atoms with E-state index in [0.717, 1.165) is 37.3 Å². The molecular formula is C11H16ClN5O2S. The molecule has 1 saturated heterocycles. The normalized spacial score (nSPS) is 16.9. The molecule has 0 saturated carbocycles. The number of carbonyl (C=O) groups excluding carboxylic acids is 2. The van der Waals surface area contributed by atoms with Crippen LogP contribution in [0.15, 0.2) is 0 Å². The van der Waals surface area contributed by atoms with Crippen LogP contribution in [-0.2, 0) is 4.79 Å². The van der Waals surface area contributed by atoms with E-state index in [-0.39, 0.29) is 27.3 Å². The summed E-state index contributed by atoms with van der Waals surface area (Å²) in [6, 6.07) is 0.103. The van der Waals surface area contributed by atoms with Crippen molar-refractivity contribution in [3.05, 3.63) is 9.47 Å². The van der Waals surface area contributed by atoms with Crippen LogP contribution in [0.1, 0.15) is 22.6 Å². The van der Waals surface area contributed by atoms with E-state index in [9.17, 15) is 9.59 Å². The number of nitrogens with one attached hydrogen (secondary N) is 2. The van der Waals surface area contributed by atoms with Crippen molar-refractivity contribution in [2.75, 3.05) is 26.7 Å². The molecule has 0 bridgehead atoms. The molecule has 2 rings (SSSR count). The van der Waals surface area contributed by atoms with Crippen LogP contribution in [0.5, 0.6) is 0 Å². The Bertz CT molecular complexity index is 487. The number of likely N-dealkylation sites (tertiary alicyclic amines) is 1. The highest BCUT2D eigenvalue weighted by Crippen LogP contribution is 2.16. The summed E-state index contributed by atoms with van der Waals surface area (Å²) in [7, 11) is 1.63. The molecular weight excluding hydrogens is 302 g/mol. The first-order valence-electron chi connectivity index (χ1n) is 6.31. The zero-order chi connectivity index (χ0) is 14.5. The fourth-order valence-corrected chi connectivity index (χ4v) is 2.79. The molecule has 1 aromatic rings. The Balaban J connectivity index is 1.77. The molecule has 0 aliphatic carbocycles. The molecule has 2 heterocycles. The summed E-state index contributed by atoms with van der Waals surface area (Å²) in [6.45, 7) is 1.98. The maximum Gasteiger partial charge on any atom is 0.282 e.